The molecule has 0 bridgehead atoms. The molecule has 2 aromatic carbocycles. The largest absolute Gasteiger partial charge is 0.495 e. The van der Waals surface area contributed by atoms with E-state index in [4.69, 9.17) is 4.74 Å². The number of amides is 1. The van der Waals surface area contributed by atoms with Crippen LogP contribution in [0.2, 0.25) is 0 Å². The minimum Gasteiger partial charge on any atom is -0.495 e. The highest BCUT2D eigenvalue weighted by atomic mass is 32.2. The normalized spacial score (nSPS) is 11.3. The molecule has 0 aromatic heterocycles. The highest BCUT2D eigenvalue weighted by Gasteiger charge is 2.17. The van der Waals surface area contributed by atoms with E-state index in [1.54, 1.807) is 18.2 Å². The first kappa shape index (κ1) is 22.8. The third-order valence-electron chi connectivity index (χ3n) is 4.00. The highest BCUT2D eigenvalue weighted by Crippen LogP contribution is 2.25. The number of nitrogens with one attached hydrogen (secondary N) is 3. The quantitative estimate of drug-likeness (QED) is 0.224. The summed E-state index contributed by atoms with van der Waals surface area (Å²) >= 11 is 0. The van der Waals surface area contributed by atoms with Crippen molar-refractivity contribution in [2.24, 2.45) is 0 Å². The summed E-state index contributed by atoms with van der Waals surface area (Å²) in [5.41, 5.74) is 1.22. The molecule has 0 saturated heterocycles. The van der Waals surface area contributed by atoms with Crippen LogP contribution >= 0.6 is 0 Å². The molecular formula is C19H22N4O6S. The van der Waals surface area contributed by atoms with Crippen LogP contribution in [0, 0.1) is 10.1 Å². The summed E-state index contributed by atoms with van der Waals surface area (Å²) in [7, 11) is -1.03. The van der Waals surface area contributed by atoms with Crippen LogP contribution in [-0.2, 0) is 14.8 Å². The highest BCUT2D eigenvalue weighted by molar-refractivity contribution is 7.89. The van der Waals surface area contributed by atoms with Crippen LogP contribution in [0.15, 0.2) is 53.4 Å². The van der Waals surface area contributed by atoms with Gasteiger partial charge in [0, 0.05) is 37.0 Å². The van der Waals surface area contributed by atoms with Gasteiger partial charge in [-0.3, -0.25) is 14.9 Å². The van der Waals surface area contributed by atoms with Crippen LogP contribution < -0.4 is 20.1 Å². The molecule has 0 spiro atoms. The van der Waals surface area contributed by atoms with Gasteiger partial charge in [-0.15, -0.1) is 0 Å². The number of non-ortho nitro benzene ring substituents is 1. The fourth-order valence-electron chi connectivity index (χ4n) is 2.44. The SMILES string of the molecule is CNS(=O)(=O)c1cc(/C=C/C(=O)NCCNc2ccc([N+](=O)[O-])cc2)ccc1OC. The van der Waals surface area contributed by atoms with Gasteiger partial charge in [0.15, 0.2) is 0 Å². The Labute approximate surface area is 174 Å². The zero-order valence-electron chi connectivity index (χ0n) is 16.4. The summed E-state index contributed by atoms with van der Waals surface area (Å²) in [5, 5.41) is 16.3. The maximum absolute atomic E-state index is 12.1. The molecule has 0 radical (unpaired) electrons. The number of nitro benzene ring substituents is 1. The van der Waals surface area contributed by atoms with Crippen molar-refractivity contribution < 1.29 is 22.9 Å². The lowest BCUT2D eigenvalue weighted by Gasteiger charge is -2.09. The number of benzene rings is 2. The van der Waals surface area contributed by atoms with Gasteiger partial charge in [-0.25, -0.2) is 13.1 Å². The van der Waals surface area contributed by atoms with Crippen LogP contribution in [0.25, 0.3) is 6.08 Å². The van der Waals surface area contributed by atoms with Crippen molar-refractivity contribution in [3.63, 3.8) is 0 Å². The molecule has 0 unspecified atom stereocenters. The van der Waals surface area contributed by atoms with Gasteiger partial charge in [0.05, 0.1) is 12.0 Å². The molecule has 0 heterocycles. The van der Waals surface area contributed by atoms with E-state index < -0.39 is 14.9 Å². The van der Waals surface area contributed by atoms with Gasteiger partial charge in [-0.2, -0.15) is 0 Å². The molecule has 10 nitrogen and oxygen atoms in total. The number of rotatable bonds is 10. The molecule has 30 heavy (non-hydrogen) atoms. The monoisotopic (exact) mass is 434 g/mol. The first-order chi connectivity index (χ1) is 14.3. The maximum atomic E-state index is 12.1. The fraction of sp³-hybridized carbons (Fsp3) is 0.211. The molecule has 0 aliphatic carbocycles. The third-order valence-corrected chi connectivity index (χ3v) is 5.44. The van der Waals surface area contributed by atoms with Gasteiger partial charge in [0.1, 0.15) is 10.6 Å². The van der Waals surface area contributed by atoms with Gasteiger partial charge >= 0.3 is 0 Å². The van der Waals surface area contributed by atoms with Gasteiger partial charge in [-0.1, -0.05) is 6.07 Å². The van der Waals surface area contributed by atoms with E-state index in [1.807, 2.05) is 0 Å². The van der Waals surface area contributed by atoms with Crippen molar-refractivity contribution in [3.05, 3.63) is 64.2 Å². The number of ether oxygens (including phenoxy) is 1. The Hall–Kier alpha value is -3.44. The number of anilines is 1. The molecular weight excluding hydrogens is 412 g/mol. The minimum absolute atomic E-state index is 0.00296. The second kappa shape index (κ2) is 10.4. The summed E-state index contributed by atoms with van der Waals surface area (Å²) in [6.45, 7) is 0.743. The Morgan fingerprint density at radius 3 is 2.47 bits per heavy atom. The molecule has 0 atom stereocenters. The number of sulfonamides is 1. The van der Waals surface area contributed by atoms with E-state index in [-0.39, 0.29) is 22.2 Å². The Balaban J connectivity index is 1.89. The Morgan fingerprint density at radius 2 is 1.87 bits per heavy atom. The molecule has 3 N–H and O–H groups in total. The van der Waals surface area contributed by atoms with Crippen molar-refractivity contribution in [1.29, 1.82) is 0 Å². The maximum Gasteiger partial charge on any atom is 0.269 e. The van der Waals surface area contributed by atoms with Gasteiger partial charge in [0.25, 0.3) is 5.69 Å². The molecule has 0 saturated carbocycles. The lowest BCUT2D eigenvalue weighted by molar-refractivity contribution is -0.384. The van der Waals surface area contributed by atoms with Crippen LogP contribution in [0.1, 0.15) is 5.56 Å². The lowest BCUT2D eigenvalue weighted by atomic mass is 10.2. The molecule has 11 heteroatoms. The third kappa shape index (κ3) is 6.29. The van der Waals surface area contributed by atoms with Crippen LogP contribution in [0.3, 0.4) is 0 Å². The second-order valence-electron chi connectivity index (χ2n) is 5.97. The number of hydrogen-bond donors (Lipinski definition) is 3. The Bertz CT molecular complexity index is 1040. The van der Waals surface area contributed by atoms with Crippen molar-refractivity contribution in [2.45, 2.75) is 4.90 Å². The lowest BCUT2D eigenvalue weighted by Crippen LogP contribution is -2.27. The number of carbonyl (C=O) groups excluding carboxylic acids is 1. The van der Waals surface area contributed by atoms with Crippen molar-refractivity contribution >= 4 is 33.4 Å². The van der Waals surface area contributed by atoms with Gasteiger partial charge in [-0.05, 0) is 43.0 Å². The summed E-state index contributed by atoms with van der Waals surface area (Å²) in [6.07, 6.45) is 2.79. The molecule has 0 fully saturated rings. The van der Waals surface area contributed by atoms with Gasteiger partial charge in [0.2, 0.25) is 15.9 Å². The van der Waals surface area contributed by atoms with E-state index in [0.717, 1.165) is 0 Å². The standard InChI is InChI=1S/C19H22N4O6S/c1-20-30(27,28)18-13-14(3-9-17(18)29-2)4-10-19(24)22-12-11-21-15-5-7-16(8-6-15)23(25)26/h3-10,13,20-21H,11-12H2,1-2H3,(H,22,24)/b10-4+. The van der Waals surface area contributed by atoms with Crippen LogP contribution in [-0.4, -0.2) is 46.5 Å². The van der Waals surface area contributed by atoms with Crippen molar-refractivity contribution in [2.75, 3.05) is 32.6 Å². The topological polar surface area (TPSA) is 140 Å². The number of methoxy groups -OCH3 is 1. The predicted octanol–water partition coefficient (Wildman–Crippen LogP) is 1.75. The van der Waals surface area contributed by atoms with E-state index in [1.165, 1.54) is 50.6 Å². The number of hydrogen-bond acceptors (Lipinski definition) is 7. The van der Waals surface area contributed by atoms with E-state index in [9.17, 15) is 23.3 Å². The van der Waals surface area contributed by atoms with Crippen molar-refractivity contribution in [3.8, 4) is 5.75 Å². The van der Waals surface area contributed by atoms with Crippen LogP contribution in [0.5, 0.6) is 5.75 Å². The molecule has 0 aliphatic heterocycles. The van der Waals surface area contributed by atoms with Gasteiger partial charge < -0.3 is 15.4 Å². The summed E-state index contributed by atoms with van der Waals surface area (Å²) < 4.78 is 31.5. The zero-order valence-corrected chi connectivity index (χ0v) is 17.2. The second-order valence-corrected chi connectivity index (χ2v) is 7.83. The van der Waals surface area contributed by atoms with E-state index in [2.05, 4.69) is 15.4 Å². The molecule has 2 aromatic rings. The number of nitrogens with zero attached hydrogens (tertiary/aromatic N) is 1. The molecule has 1 amide bonds. The predicted molar refractivity (Wildman–Crippen MR) is 113 cm³/mol. The first-order valence-electron chi connectivity index (χ1n) is 8.82. The van der Waals surface area contributed by atoms with E-state index >= 15 is 0 Å². The average molecular weight is 434 g/mol. The molecule has 160 valence electrons. The molecule has 0 aliphatic rings. The van der Waals surface area contributed by atoms with Crippen LogP contribution in [0.4, 0.5) is 11.4 Å². The average Bonchev–Trinajstić information content (AvgIpc) is 2.75. The Morgan fingerprint density at radius 1 is 1.17 bits per heavy atom. The van der Waals surface area contributed by atoms with Crippen molar-refractivity contribution in [1.82, 2.24) is 10.0 Å². The number of nitro groups is 1. The van der Waals surface area contributed by atoms with E-state index in [0.29, 0.717) is 24.3 Å². The number of carbonyl (C=O) groups is 1. The zero-order chi connectivity index (χ0) is 22.1. The summed E-state index contributed by atoms with van der Waals surface area (Å²) in [6, 6.07) is 10.5. The first-order valence-corrected chi connectivity index (χ1v) is 10.3. The fourth-order valence-corrected chi connectivity index (χ4v) is 3.37. The Kier molecular flexibility index (Phi) is 7.90. The smallest absolute Gasteiger partial charge is 0.269 e. The summed E-state index contributed by atoms with van der Waals surface area (Å²) in [5.74, 6) is -0.155. The summed E-state index contributed by atoms with van der Waals surface area (Å²) in [4.78, 5) is 22.1. The molecule has 2 rings (SSSR count). The minimum atomic E-state index is -3.71.